The first kappa shape index (κ1) is 28.5. The van der Waals surface area contributed by atoms with Crippen molar-refractivity contribution in [1.29, 1.82) is 0 Å². The lowest BCUT2D eigenvalue weighted by Crippen LogP contribution is -2.00. The molecule has 0 atom stereocenters. The molecule has 0 radical (unpaired) electrons. The summed E-state index contributed by atoms with van der Waals surface area (Å²) in [6.07, 6.45) is 0. The van der Waals surface area contributed by atoms with Gasteiger partial charge in [-0.05, 0) is 52.2 Å². The minimum Gasteiger partial charge on any atom is -0.232 e. The van der Waals surface area contributed by atoms with E-state index < -0.39 is 0 Å². The largest absolute Gasteiger partial charge is 0.232 e. The Morgan fingerprint density at radius 2 is 0.857 bits per heavy atom. The zero-order chi connectivity index (χ0) is 32.6. The smallest absolute Gasteiger partial charge is 0.164 e. The predicted molar refractivity (Wildman–Crippen MR) is 199 cm³/mol. The molecular formula is C44H29N5. The van der Waals surface area contributed by atoms with E-state index in [1.165, 1.54) is 10.8 Å². The molecule has 0 unspecified atom stereocenters. The Kier molecular flexibility index (Phi) is 7.06. The van der Waals surface area contributed by atoms with E-state index >= 15 is 0 Å². The van der Waals surface area contributed by atoms with Crippen LogP contribution in [0.25, 0.3) is 83.9 Å². The summed E-state index contributed by atoms with van der Waals surface area (Å²) < 4.78 is 2.06. The average molecular weight is 628 g/mol. The van der Waals surface area contributed by atoms with Crippen LogP contribution in [0.3, 0.4) is 0 Å². The number of para-hydroxylation sites is 1. The van der Waals surface area contributed by atoms with Crippen molar-refractivity contribution in [1.82, 2.24) is 24.7 Å². The zero-order valence-electron chi connectivity index (χ0n) is 26.5. The van der Waals surface area contributed by atoms with Gasteiger partial charge in [-0.3, -0.25) is 0 Å². The number of hydrogen-bond acceptors (Lipinski definition) is 4. The van der Waals surface area contributed by atoms with Crippen LogP contribution in [0.2, 0.25) is 0 Å². The molecule has 7 aromatic carbocycles. The van der Waals surface area contributed by atoms with Crippen LogP contribution in [0.4, 0.5) is 0 Å². The van der Waals surface area contributed by atoms with Crippen LogP contribution in [-0.2, 0) is 0 Å². The second-order valence-electron chi connectivity index (χ2n) is 12.0. The molecule has 0 amide bonds. The van der Waals surface area contributed by atoms with Crippen LogP contribution in [0.1, 0.15) is 0 Å². The van der Waals surface area contributed by atoms with E-state index in [4.69, 9.17) is 20.1 Å². The monoisotopic (exact) mass is 627 g/mol. The summed E-state index contributed by atoms with van der Waals surface area (Å²) in [6.45, 7) is 0. The highest BCUT2D eigenvalue weighted by molar-refractivity contribution is 6.13. The molecule has 0 aliphatic rings. The van der Waals surface area contributed by atoms with Crippen LogP contribution < -0.4 is 0 Å². The normalized spacial score (nSPS) is 11.3. The van der Waals surface area contributed by atoms with Crippen LogP contribution in [0, 0.1) is 0 Å². The fourth-order valence-corrected chi connectivity index (χ4v) is 6.48. The first-order valence-electron chi connectivity index (χ1n) is 16.3. The molecule has 0 saturated carbocycles. The van der Waals surface area contributed by atoms with Gasteiger partial charge in [0.2, 0.25) is 0 Å². The molecule has 230 valence electrons. The summed E-state index contributed by atoms with van der Waals surface area (Å²) in [5.41, 5.74) is 9.07. The van der Waals surface area contributed by atoms with Gasteiger partial charge in [-0.15, -0.1) is 0 Å². The number of rotatable bonds is 6. The van der Waals surface area contributed by atoms with Gasteiger partial charge in [0.25, 0.3) is 0 Å². The van der Waals surface area contributed by atoms with E-state index in [0.717, 1.165) is 55.7 Å². The Hall–Kier alpha value is -6.72. The average Bonchev–Trinajstić information content (AvgIpc) is 3.59. The Balaban J connectivity index is 1.17. The van der Waals surface area contributed by atoms with Crippen LogP contribution in [0.15, 0.2) is 176 Å². The molecule has 5 heteroatoms. The van der Waals surface area contributed by atoms with E-state index in [1.54, 1.807) is 0 Å². The third-order valence-electron chi connectivity index (χ3n) is 8.86. The lowest BCUT2D eigenvalue weighted by molar-refractivity contribution is 0.915. The van der Waals surface area contributed by atoms with Crippen molar-refractivity contribution in [3.05, 3.63) is 176 Å². The Morgan fingerprint density at radius 1 is 0.367 bits per heavy atom. The number of aromatic nitrogens is 5. The fraction of sp³-hybridized carbons (Fsp3) is 0. The first-order chi connectivity index (χ1) is 24.3. The predicted octanol–water partition coefficient (Wildman–Crippen LogP) is 10.7. The highest BCUT2D eigenvalue weighted by Crippen LogP contribution is 2.37. The topological polar surface area (TPSA) is 56.5 Å². The summed E-state index contributed by atoms with van der Waals surface area (Å²) in [5.74, 6) is 1.92. The first-order valence-corrected chi connectivity index (χ1v) is 16.3. The van der Waals surface area contributed by atoms with Crippen molar-refractivity contribution < 1.29 is 0 Å². The maximum atomic E-state index is 5.25. The molecule has 2 heterocycles. The molecule has 9 rings (SSSR count). The second-order valence-corrected chi connectivity index (χ2v) is 12.0. The molecular weight excluding hydrogens is 599 g/mol. The lowest BCUT2D eigenvalue weighted by Gasteiger charge is -2.10. The standard InChI is InChI=1S/C44H29N5/c1-4-15-31(16-5-1)42-45-43(32-17-6-2-7-18-32)47-44(46-42)36-22-13-20-34(29-36)33-19-12-21-35(28-33)41-40-38-25-11-10-14-30(38)26-27-39(40)49(48-41)37-23-8-3-9-24-37/h1-29H. The summed E-state index contributed by atoms with van der Waals surface area (Å²) in [7, 11) is 0. The second kappa shape index (κ2) is 12.1. The van der Waals surface area contributed by atoms with Gasteiger partial charge in [0.15, 0.2) is 17.5 Å². The maximum absolute atomic E-state index is 5.25. The number of fused-ring (bicyclic) bond motifs is 3. The van der Waals surface area contributed by atoms with Gasteiger partial charge < -0.3 is 0 Å². The number of hydrogen-bond donors (Lipinski definition) is 0. The summed E-state index contributed by atoms with van der Waals surface area (Å²) >= 11 is 0. The van der Waals surface area contributed by atoms with Gasteiger partial charge in [-0.25, -0.2) is 19.6 Å². The quantitative estimate of drug-likeness (QED) is 0.184. The molecule has 0 spiro atoms. The summed E-state index contributed by atoms with van der Waals surface area (Å²) in [6, 6.07) is 60.4. The number of nitrogens with zero attached hydrogens (tertiary/aromatic N) is 5. The molecule has 0 saturated heterocycles. The lowest BCUT2D eigenvalue weighted by atomic mass is 9.97. The van der Waals surface area contributed by atoms with Gasteiger partial charge in [0.05, 0.1) is 11.2 Å². The van der Waals surface area contributed by atoms with Gasteiger partial charge in [0, 0.05) is 27.6 Å². The molecule has 49 heavy (non-hydrogen) atoms. The molecule has 0 N–H and O–H groups in total. The van der Waals surface area contributed by atoms with Crippen LogP contribution in [-0.4, -0.2) is 24.7 Å². The molecule has 0 fully saturated rings. The molecule has 5 nitrogen and oxygen atoms in total. The molecule has 9 aromatic rings. The Bertz CT molecular complexity index is 2540. The van der Waals surface area contributed by atoms with E-state index in [0.29, 0.717) is 17.5 Å². The van der Waals surface area contributed by atoms with Crippen molar-refractivity contribution in [2.45, 2.75) is 0 Å². The summed E-state index contributed by atoms with van der Waals surface area (Å²) in [4.78, 5) is 14.8. The minimum atomic E-state index is 0.629. The highest BCUT2D eigenvalue weighted by Gasteiger charge is 2.18. The Morgan fingerprint density at radius 3 is 1.51 bits per heavy atom. The van der Waals surface area contributed by atoms with Crippen molar-refractivity contribution in [2.75, 3.05) is 0 Å². The maximum Gasteiger partial charge on any atom is 0.164 e. The van der Waals surface area contributed by atoms with Gasteiger partial charge in [0.1, 0.15) is 5.69 Å². The fourth-order valence-electron chi connectivity index (χ4n) is 6.48. The van der Waals surface area contributed by atoms with Crippen molar-refractivity contribution in [3.63, 3.8) is 0 Å². The van der Waals surface area contributed by atoms with Gasteiger partial charge >= 0.3 is 0 Å². The third-order valence-corrected chi connectivity index (χ3v) is 8.86. The van der Waals surface area contributed by atoms with E-state index in [1.807, 2.05) is 66.7 Å². The van der Waals surface area contributed by atoms with E-state index in [-0.39, 0.29) is 0 Å². The van der Waals surface area contributed by atoms with Gasteiger partial charge in [-0.2, -0.15) is 5.10 Å². The van der Waals surface area contributed by atoms with E-state index in [9.17, 15) is 0 Å². The molecule has 0 bridgehead atoms. The number of benzene rings is 7. The van der Waals surface area contributed by atoms with Crippen LogP contribution >= 0.6 is 0 Å². The SMILES string of the molecule is c1ccc(-c2nc(-c3ccccc3)nc(-c3cccc(-c4cccc(-c5nn(-c6ccccc6)c6ccc7ccccc7c56)c4)c3)n2)cc1. The molecule has 0 aliphatic heterocycles. The Labute approximate surface area is 283 Å². The third kappa shape index (κ3) is 5.33. The van der Waals surface area contributed by atoms with Gasteiger partial charge in [-0.1, -0.05) is 146 Å². The highest BCUT2D eigenvalue weighted by atomic mass is 15.3. The van der Waals surface area contributed by atoms with Crippen molar-refractivity contribution >= 4 is 21.7 Å². The molecule has 0 aliphatic carbocycles. The van der Waals surface area contributed by atoms with Crippen molar-refractivity contribution in [3.8, 4) is 62.2 Å². The van der Waals surface area contributed by atoms with Crippen molar-refractivity contribution in [2.24, 2.45) is 0 Å². The molecule has 2 aromatic heterocycles. The van der Waals surface area contributed by atoms with E-state index in [2.05, 4.69) is 114 Å². The van der Waals surface area contributed by atoms with Crippen LogP contribution in [0.5, 0.6) is 0 Å². The summed E-state index contributed by atoms with van der Waals surface area (Å²) in [5, 5.41) is 8.76. The zero-order valence-corrected chi connectivity index (χ0v) is 26.5. The minimum absolute atomic E-state index is 0.629.